The minimum Gasteiger partial charge on any atom is -1.00 e. The van der Waals surface area contributed by atoms with Crippen molar-refractivity contribution in [3.8, 4) is 0 Å². The van der Waals surface area contributed by atoms with Crippen molar-refractivity contribution < 1.29 is 37.2 Å². The van der Waals surface area contributed by atoms with E-state index in [2.05, 4.69) is 14.0 Å². The van der Waals surface area contributed by atoms with Gasteiger partial charge in [-0.05, 0) is 0 Å². The summed E-state index contributed by atoms with van der Waals surface area (Å²) < 4.78 is 7.13. The summed E-state index contributed by atoms with van der Waals surface area (Å²) in [7, 11) is 0. The quantitative estimate of drug-likeness (QED) is 0.391. The van der Waals surface area contributed by atoms with Crippen molar-refractivity contribution in [3.05, 3.63) is 0 Å². The number of halogens is 3. The molecule has 0 fully saturated rings. The maximum absolute atomic E-state index is 2.38. The summed E-state index contributed by atoms with van der Waals surface area (Å²) in [5, 5.41) is 0. The first-order valence-corrected chi connectivity index (χ1v) is 11.6. The molecule has 48 valence electrons. The molecule has 0 rings (SSSR count). The minimum absolute atomic E-state index is 0. The fourth-order valence-corrected chi connectivity index (χ4v) is 0. The monoisotopic (exact) mass is 380 g/mol. The van der Waals surface area contributed by atoms with Crippen molar-refractivity contribution in [3.63, 3.8) is 0 Å². The average Bonchev–Trinajstić information content (AvgIpc) is 0.811. The van der Waals surface area contributed by atoms with E-state index in [0.717, 1.165) is 0 Å². The zero-order valence-electron chi connectivity index (χ0n) is 5.29. The molecule has 0 amide bonds. The van der Waals surface area contributed by atoms with Crippen LogP contribution in [0.2, 0.25) is 14.0 Å². The van der Waals surface area contributed by atoms with Gasteiger partial charge in [-0.2, -0.15) is 0 Å². The average molecular weight is 381 g/mol. The Labute approximate surface area is 97.1 Å². The second kappa shape index (κ2) is 22.6. The van der Waals surface area contributed by atoms with E-state index in [4.69, 9.17) is 0 Å². The van der Waals surface area contributed by atoms with E-state index < -0.39 is 21.4 Å². The summed E-state index contributed by atoms with van der Waals surface area (Å²) in [6, 6.07) is 0. The molecule has 0 aromatic carbocycles. The third-order valence-corrected chi connectivity index (χ3v) is 0. The van der Waals surface area contributed by atoms with E-state index in [1.165, 1.54) is 0 Å². The standard InChI is InChI=1S/3CH3.3ClH.2In/h3*1H3;3*1H;;/q;;;;;;;+3/p-3. The number of hydrogen-bond donors (Lipinski definition) is 0. The zero-order valence-corrected chi connectivity index (χ0v) is 14.1. The van der Waals surface area contributed by atoms with Crippen molar-refractivity contribution in [2.75, 3.05) is 0 Å². The SMILES string of the molecule is [CH3][In]([CH3])[CH3].[Cl-].[Cl-].[Cl-].[In+3]. The number of hydrogen-bond acceptors (Lipinski definition) is 0. The Balaban J connectivity index is -0.00000000750. The van der Waals surface area contributed by atoms with E-state index in [1.807, 2.05) is 0 Å². The van der Waals surface area contributed by atoms with E-state index in [0.29, 0.717) is 0 Å². The van der Waals surface area contributed by atoms with Gasteiger partial charge < -0.3 is 37.2 Å². The van der Waals surface area contributed by atoms with Crippen LogP contribution >= 0.6 is 0 Å². The van der Waals surface area contributed by atoms with Crippen molar-refractivity contribution in [1.82, 2.24) is 0 Å². The normalized spacial score (nSPS) is 3.38. The molecule has 5 heteroatoms. The number of rotatable bonds is 0. The van der Waals surface area contributed by atoms with Crippen LogP contribution in [0.1, 0.15) is 0 Å². The zero-order chi connectivity index (χ0) is 3.58. The van der Waals surface area contributed by atoms with Gasteiger partial charge in [-0.25, -0.2) is 0 Å². The summed E-state index contributed by atoms with van der Waals surface area (Å²) in [6.07, 6.45) is 0. The van der Waals surface area contributed by atoms with Crippen LogP contribution < -0.4 is 37.2 Å². The third kappa shape index (κ3) is 73.2. The van der Waals surface area contributed by atoms with Crippen molar-refractivity contribution in [1.29, 1.82) is 0 Å². The molecule has 0 N–H and O–H groups in total. The van der Waals surface area contributed by atoms with E-state index in [-0.39, 0.29) is 63.1 Å². The molecule has 0 aromatic heterocycles. The molecule has 0 aliphatic heterocycles. The van der Waals surface area contributed by atoms with Gasteiger partial charge >= 0.3 is 61.3 Å². The molecule has 0 saturated carbocycles. The van der Waals surface area contributed by atoms with Gasteiger partial charge in [0.05, 0.1) is 0 Å². The van der Waals surface area contributed by atoms with Crippen LogP contribution in [0.4, 0.5) is 0 Å². The molecule has 0 unspecified atom stereocenters. The second-order valence-corrected chi connectivity index (χ2v) is 11.6. The van der Waals surface area contributed by atoms with Crippen LogP contribution in [-0.4, -0.2) is 47.3 Å². The predicted molar refractivity (Wildman–Crippen MR) is 29.1 cm³/mol. The first-order valence-electron chi connectivity index (χ1n) is 1.73. The molecule has 0 nitrogen and oxygen atoms in total. The van der Waals surface area contributed by atoms with E-state index in [1.54, 1.807) is 0 Å². The van der Waals surface area contributed by atoms with Gasteiger partial charge in [-0.15, -0.1) is 0 Å². The van der Waals surface area contributed by atoms with Crippen molar-refractivity contribution in [2.45, 2.75) is 14.0 Å². The van der Waals surface area contributed by atoms with Gasteiger partial charge in [0.15, 0.2) is 0 Å². The van der Waals surface area contributed by atoms with Gasteiger partial charge in [0.25, 0.3) is 0 Å². The second-order valence-electron chi connectivity index (χ2n) is 1.73. The Morgan fingerprint density at radius 3 is 0.750 bits per heavy atom. The van der Waals surface area contributed by atoms with E-state index >= 15 is 0 Å². The minimum atomic E-state index is -0.637. The molecule has 8 heavy (non-hydrogen) atoms. The molecule has 0 spiro atoms. The van der Waals surface area contributed by atoms with Gasteiger partial charge in [0, 0.05) is 0 Å². The first-order chi connectivity index (χ1) is 1.73. The Morgan fingerprint density at radius 2 is 0.750 bits per heavy atom. The third-order valence-electron chi connectivity index (χ3n) is 0. The van der Waals surface area contributed by atoms with Crippen LogP contribution in [0.5, 0.6) is 0 Å². The molecular formula is C3H9Cl3In2. The molecule has 0 radical (unpaired) electrons. The predicted octanol–water partition coefficient (Wildman–Crippen LogP) is -8.00. The van der Waals surface area contributed by atoms with E-state index in [9.17, 15) is 0 Å². The van der Waals surface area contributed by atoms with Gasteiger partial charge in [-0.1, -0.05) is 0 Å². The van der Waals surface area contributed by atoms with Crippen molar-refractivity contribution >= 4 is 47.3 Å². The van der Waals surface area contributed by atoms with Gasteiger partial charge in [0.2, 0.25) is 0 Å². The fraction of sp³-hybridized carbons (Fsp3) is 1.00. The molecule has 0 aromatic rings. The molecular weight excluding hydrogens is 372 g/mol. The van der Waals surface area contributed by atoms with Crippen LogP contribution in [0.15, 0.2) is 0 Å². The molecule has 0 heterocycles. The topological polar surface area (TPSA) is 0 Å². The first kappa shape index (κ1) is 31.1. The van der Waals surface area contributed by atoms with Crippen LogP contribution in [-0.2, 0) is 0 Å². The maximum Gasteiger partial charge on any atom is 3.00 e. The molecule has 0 atom stereocenters. The van der Waals surface area contributed by atoms with Gasteiger partial charge in [-0.3, -0.25) is 0 Å². The maximum atomic E-state index is 2.38. The van der Waals surface area contributed by atoms with Crippen LogP contribution in [0.25, 0.3) is 0 Å². The Kier molecular flexibility index (Phi) is 88.1. The molecule has 0 saturated heterocycles. The fourth-order valence-electron chi connectivity index (χ4n) is 0. The largest absolute Gasteiger partial charge is 3.00 e. The van der Waals surface area contributed by atoms with Crippen LogP contribution in [0, 0.1) is 0 Å². The molecule has 0 aliphatic carbocycles. The Morgan fingerprint density at radius 1 is 0.750 bits per heavy atom. The summed E-state index contributed by atoms with van der Waals surface area (Å²) in [6.45, 7) is 0. The smallest absolute Gasteiger partial charge is 1.00 e. The summed E-state index contributed by atoms with van der Waals surface area (Å²) in [5.74, 6) is 0. The van der Waals surface area contributed by atoms with Gasteiger partial charge in [0.1, 0.15) is 0 Å². The summed E-state index contributed by atoms with van der Waals surface area (Å²) in [4.78, 5) is 0. The van der Waals surface area contributed by atoms with Crippen LogP contribution in [0.3, 0.4) is 0 Å². The summed E-state index contributed by atoms with van der Waals surface area (Å²) >= 11 is -0.637. The molecule has 0 bridgehead atoms. The molecule has 0 aliphatic rings. The Hall–Kier alpha value is 2.61. The summed E-state index contributed by atoms with van der Waals surface area (Å²) in [5.41, 5.74) is 0. The Bertz CT molecular complexity index is 17.2. The van der Waals surface area contributed by atoms with Crippen molar-refractivity contribution in [2.24, 2.45) is 0 Å².